The Bertz CT molecular complexity index is 933. The molecule has 2 aromatic rings. The zero-order chi connectivity index (χ0) is 18.8. The van der Waals surface area contributed by atoms with E-state index in [-0.39, 0.29) is 11.1 Å². The third kappa shape index (κ3) is 4.70. The number of hydrogen-bond acceptors (Lipinski definition) is 7. The fourth-order valence-corrected chi connectivity index (χ4v) is 2.69. The summed E-state index contributed by atoms with van der Waals surface area (Å²) in [5.41, 5.74) is -0.286. The quantitative estimate of drug-likeness (QED) is 0.448. The second-order valence-corrected chi connectivity index (χ2v) is 7.52. The molecule has 0 aliphatic heterocycles. The van der Waals surface area contributed by atoms with Crippen molar-refractivity contribution >= 4 is 32.2 Å². The molecule has 2 aromatic carbocycles. The third-order valence-corrected chi connectivity index (χ3v) is 4.70. The van der Waals surface area contributed by atoms with Gasteiger partial charge < -0.3 is 4.74 Å². The van der Waals surface area contributed by atoms with Gasteiger partial charge in [-0.3, -0.25) is 9.11 Å². The van der Waals surface area contributed by atoms with E-state index in [0.29, 0.717) is 0 Å². The van der Waals surface area contributed by atoms with Gasteiger partial charge in [-0.05, 0) is 48.5 Å². The van der Waals surface area contributed by atoms with Crippen molar-refractivity contribution in [1.82, 2.24) is 0 Å². The van der Waals surface area contributed by atoms with Gasteiger partial charge in [-0.2, -0.15) is 16.8 Å². The number of rotatable bonds is 4. The van der Waals surface area contributed by atoms with Crippen molar-refractivity contribution in [1.29, 1.82) is 0 Å². The van der Waals surface area contributed by atoms with Crippen molar-refractivity contribution in [2.75, 3.05) is 0 Å². The molecule has 0 radical (unpaired) electrons. The zero-order valence-electron chi connectivity index (χ0n) is 12.2. The number of hydrogen-bond donors (Lipinski definition) is 2. The van der Waals surface area contributed by atoms with Crippen LogP contribution in [0.5, 0.6) is 0 Å². The maximum Gasteiger partial charge on any atom is 0.346 e. The smallest absolute Gasteiger partial charge is 0.346 e. The van der Waals surface area contributed by atoms with Gasteiger partial charge in [0.1, 0.15) is 0 Å². The number of esters is 2. The van der Waals surface area contributed by atoms with E-state index in [9.17, 15) is 26.4 Å². The first kappa shape index (κ1) is 18.7. The highest BCUT2D eigenvalue weighted by Crippen LogP contribution is 2.14. The molecule has 0 unspecified atom stereocenters. The molecule has 2 N–H and O–H groups in total. The fourth-order valence-electron chi connectivity index (χ4n) is 1.73. The SMILES string of the molecule is O=C(OC(=O)c1ccc(S(=O)(=O)O)cc1)c1ccc(S(=O)(=O)O)cc1. The van der Waals surface area contributed by atoms with Crippen LogP contribution < -0.4 is 0 Å². The molecule has 0 fully saturated rings. The summed E-state index contributed by atoms with van der Waals surface area (Å²) in [6.45, 7) is 0. The average Bonchev–Trinajstić information content (AvgIpc) is 2.53. The van der Waals surface area contributed by atoms with Gasteiger partial charge in [0.2, 0.25) is 0 Å². The summed E-state index contributed by atoms with van der Waals surface area (Å²) in [5.74, 6) is -2.16. The van der Waals surface area contributed by atoms with Crippen LogP contribution in [0.3, 0.4) is 0 Å². The summed E-state index contributed by atoms with van der Waals surface area (Å²) in [4.78, 5) is 22.8. The van der Waals surface area contributed by atoms with Crippen LogP contribution in [0.2, 0.25) is 0 Å². The largest absolute Gasteiger partial charge is 0.386 e. The van der Waals surface area contributed by atoms with Crippen molar-refractivity contribution in [2.45, 2.75) is 9.79 Å². The van der Waals surface area contributed by atoms with Gasteiger partial charge in [-0.1, -0.05) is 0 Å². The predicted molar refractivity (Wildman–Crippen MR) is 82.3 cm³/mol. The standard InChI is InChI=1S/C14H10O9S2/c15-13(9-1-5-11(6-2-9)24(17,18)19)23-14(16)10-3-7-12(8-4-10)25(20,21)22/h1-8H,(H,17,18,19)(H,20,21,22). The highest BCUT2D eigenvalue weighted by Gasteiger charge is 2.17. The molecule has 0 atom stereocenters. The number of ether oxygens (including phenoxy) is 1. The second kappa shape index (κ2) is 6.72. The highest BCUT2D eigenvalue weighted by molar-refractivity contribution is 7.86. The van der Waals surface area contributed by atoms with E-state index in [4.69, 9.17) is 9.11 Å². The molecule has 2 rings (SSSR count). The average molecular weight is 386 g/mol. The van der Waals surface area contributed by atoms with Crippen LogP contribution in [0, 0.1) is 0 Å². The van der Waals surface area contributed by atoms with Gasteiger partial charge in [0.25, 0.3) is 20.2 Å². The van der Waals surface area contributed by atoms with Crippen LogP contribution in [-0.2, 0) is 25.0 Å². The fraction of sp³-hybridized carbons (Fsp3) is 0. The van der Waals surface area contributed by atoms with Crippen molar-refractivity contribution in [2.24, 2.45) is 0 Å². The zero-order valence-corrected chi connectivity index (χ0v) is 13.8. The molecular weight excluding hydrogens is 376 g/mol. The van der Waals surface area contributed by atoms with Crippen LogP contribution in [0.15, 0.2) is 58.3 Å². The Morgan fingerprint density at radius 2 is 0.920 bits per heavy atom. The summed E-state index contributed by atoms with van der Waals surface area (Å²) in [5, 5.41) is 0. The molecular formula is C14H10O9S2. The van der Waals surface area contributed by atoms with E-state index in [2.05, 4.69) is 4.74 Å². The summed E-state index contributed by atoms with van der Waals surface area (Å²) >= 11 is 0. The van der Waals surface area contributed by atoms with Crippen molar-refractivity contribution in [3.05, 3.63) is 59.7 Å². The van der Waals surface area contributed by atoms with Crippen molar-refractivity contribution in [3.63, 3.8) is 0 Å². The first-order valence-corrected chi connectivity index (χ1v) is 9.28. The molecule has 0 saturated heterocycles. The van der Waals surface area contributed by atoms with Gasteiger partial charge in [0, 0.05) is 0 Å². The lowest BCUT2D eigenvalue weighted by Crippen LogP contribution is -2.13. The van der Waals surface area contributed by atoms with Crippen LogP contribution in [-0.4, -0.2) is 37.9 Å². The predicted octanol–water partition coefficient (Wildman–Crippen LogP) is 1.18. The Balaban J connectivity index is 2.13. The Morgan fingerprint density at radius 1 is 0.640 bits per heavy atom. The van der Waals surface area contributed by atoms with E-state index in [1.54, 1.807) is 0 Å². The lowest BCUT2D eigenvalue weighted by Gasteiger charge is -2.04. The van der Waals surface area contributed by atoms with E-state index in [1.165, 1.54) is 0 Å². The van der Waals surface area contributed by atoms with E-state index >= 15 is 0 Å². The van der Waals surface area contributed by atoms with Crippen LogP contribution in [0.4, 0.5) is 0 Å². The highest BCUT2D eigenvalue weighted by atomic mass is 32.2. The molecule has 0 aliphatic rings. The third-order valence-electron chi connectivity index (χ3n) is 2.96. The van der Waals surface area contributed by atoms with Crippen LogP contribution >= 0.6 is 0 Å². The van der Waals surface area contributed by atoms with Gasteiger partial charge in [0.05, 0.1) is 20.9 Å². The Labute approximate surface area is 142 Å². The number of benzene rings is 2. The maximum atomic E-state index is 11.8. The van der Waals surface area contributed by atoms with Crippen LogP contribution in [0.1, 0.15) is 20.7 Å². The minimum Gasteiger partial charge on any atom is -0.386 e. The summed E-state index contributed by atoms with van der Waals surface area (Å²) in [6.07, 6.45) is 0. The molecule has 0 aliphatic carbocycles. The molecule has 11 heteroatoms. The molecule has 0 aromatic heterocycles. The van der Waals surface area contributed by atoms with E-state index in [0.717, 1.165) is 48.5 Å². The first-order valence-electron chi connectivity index (χ1n) is 6.40. The molecule has 9 nitrogen and oxygen atoms in total. The summed E-state index contributed by atoms with van der Waals surface area (Å²) in [6, 6.07) is 7.99. The monoisotopic (exact) mass is 386 g/mol. The van der Waals surface area contributed by atoms with Gasteiger partial charge in [-0.25, -0.2) is 9.59 Å². The van der Waals surface area contributed by atoms with E-state index < -0.39 is 42.0 Å². The molecule has 25 heavy (non-hydrogen) atoms. The van der Waals surface area contributed by atoms with Gasteiger partial charge >= 0.3 is 11.9 Å². The molecule has 0 spiro atoms. The minimum atomic E-state index is -4.42. The Kier molecular flexibility index (Phi) is 5.04. The molecule has 0 heterocycles. The Morgan fingerprint density at radius 3 is 1.16 bits per heavy atom. The second-order valence-electron chi connectivity index (χ2n) is 4.68. The number of carbonyl (C=O) groups is 2. The van der Waals surface area contributed by atoms with Gasteiger partial charge in [0.15, 0.2) is 0 Å². The minimum absolute atomic E-state index is 0.143. The maximum absolute atomic E-state index is 11.8. The van der Waals surface area contributed by atoms with Gasteiger partial charge in [-0.15, -0.1) is 0 Å². The first-order chi connectivity index (χ1) is 11.5. The topological polar surface area (TPSA) is 152 Å². The lowest BCUT2D eigenvalue weighted by molar-refractivity contribution is 0.0397. The van der Waals surface area contributed by atoms with E-state index in [1.807, 2.05) is 0 Å². The molecule has 0 bridgehead atoms. The number of carbonyl (C=O) groups excluding carboxylic acids is 2. The van der Waals surface area contributed by atoms with Crippen molar-refractivity contribution in [3.8, 4) is 0 Å². The summed E-state index contributed by atoms with van der Waals surface area (Å²) < 4.78 is 65.8. The molecule has 132 valence electrons. The molecule has 0 amide bonds. The van der Waals surface area contributed by atoms with Crippen molar-refractivity contribution < 1.29 is 40.3 Å². The lowest BCUT2D eigenvalue weighted by atomic mass is 10.2. The van der Waals surface area contributed by atoms with Crippen LogP contribution in [0.25, 0.3) is 0 Å². The Hall–Kier alpha value is -2.60. The molecule has 0 saturated carbocycles. The normalized spacial score (nSPS) is 11.8. The summed E-state index contributed by atoms with van der Waals surface area (Å²) in [7, 11) is -8.83.